The van der Waals surface area contributed by atoms with Crippen LogP contribution in [0, 0.1) is 0 Å². The zero-order valence-electron chi connectivity index (χ0n) is 14.4. The highest BCUT2D eigenvalue weighted by Gasteiger charge is 2.34. The third kappa shape index (κ3) is 4.37. The quantitative estimate of drug-likeness (QED) is 0.576. The second-order valence-electron chi connectivity index (χ2n) is 5.96. The van der Waals surface area contributed by atoms with Crippen LogP contribution in [-0.4, -0.2) is 73.7 Å². The molecule has 142 valence electrons. The Kier molecular flexibility index (Phi) is 5.59. The van der Waals surface area contributed by atoms with Crippen molar-refractivity contribution < 1.29 is 19.5 Å². The van der Waals surface area contributed by atoms with Gasteiger partial charge in [0.2, 0.25) is 17.8 Å². The monoisotopic (exact) mass is 373 g/mol. The molecule has 3 rings (SSSR count). The second kappa shape index (κ2) is 8.25. The Balaban J connectivity index is 1.60. The minimum Gasteiger partial charge on any atom is -0.480 e. The number of nitrogens with one attached hydrogen (secondary N) is 2. The summed E-state index contributed by atoms with van der Waals surface area (Å²) < 4.78 is 1.47. The number of aromatic nitrogens is 4. The minimum atomic E-state index is -1.13. The Morgan fingerprint density at radius 1 is 1.19 bits per heavy atom. The summed E-state index contributed by atoms with van der Waals surface area (Å²) in [6.07, 6.45) is 1.18. The largest absolute Gasteiger partial charge is 0.480 e. The highest BCUT2D eigenvalue weighted by molar-refractivity contribution is 5.91. The Bertz CT molecular complexity index is 823. The first kappa shape index (κ1) is 18.3. The molecule has 0 aliphatic carbocycles. The normalized spacial score (nSPS) is 16.1. The fraction of sp³-hybridized carbons (Fsp3) is 0.375. The molecule has 2 amide bonds. The first-order valence-corrected chi connectivity index (χ1v) is 8.43. The lowest BCUT2D eigenvalue weighted by Crippen LogP contribution is -2.48. The van der Waals surface area contributed by atoms with Crippen LogP contribution in [0.1, 0.15) is 12.8 Å². The molecule has 0 bridgehead atoms. The van der Waals surface area contributed by atoms with Crippen LogP contribution < -0.4 is 10.6 Å². The molecule has 0 radical (unpaired) electrons. The molecule has 0 unspecified atom stereocenters. The van der Waals surface area contributed by atoms with Crippen LogP contribution in [-0.2, 0) is 14.4 Å². The first-order valence-electron chi connectivity index (χ1n) is 8.43. The molecule has 1 aliphatic heterocycles. The highest BCUT2D eigenvalue weighted by Crippen LogP contribution is 2.18. The summed E-state index contributed by atoms with van der Waals surface area (Å²) in [5, 5.41) is 25.2. The van der Waals surface area contributed by atoms with Crippen molar-refractivity contribution in [1.82, 2.24) is 30.4 Å². The molecule has 2 aromatic rings. The third-order valence-electron chi connectivity index (χ3n) is 4.16. The summed E-state index contributed by atoms with van der Waals surface area (Å²) in [6.45, 7) is -0.118. The van der Waals surface area contributed by atoms with E-state index in [2.05, 4.69) is 26.2 Å². The molecule has 11 heteroatoms. The van der Waals surface area contributed by atoms with Crippen LogP contribution in [0.2, 0.25) is 0 Å². The van der Waals surface area contributed by atoms with Gasteiger partial charge >= 0.3 is 5.97 Å². The van der Waals surface area contributed by atoms with Gasteiger partial charge in [-0.3, -0.25) is 14.4 Å². The van der Waals surface area contributed by atoms with E-state index in [-0.39, 0.29) is 12.5 Å². The highest BCUT2D eigenvalue weighted by atomic mass is 16.4. The molecule has 27 heavy (non-hydrogen) atoms. The number of carboxylic acid groups (broad SMARTS) is 1. The molecule has 1 atom stereocenters. The molecule has 3 N–H and O–H groups in total. The average molecular weight is 373 g/mol. The number of carbonyl (C=O) groups is 3. The number of para-hydroxylation sites is 1. The van der Waals surface area contributed by atoms with E-state index in [0.29, 0.717) is 25.3 Å². The van der Waals surface area contributed by atoms with Gasteiger partial charge in [-0.2, -0.15) is 4.68 Å². The zero-order chi connectivity index (χ0) is 19.2. The molecular formula is C16H19N7O4. The topological polar surface area (TPSA) is 142 Å². The molecule has 1 fully saturated rings. The maximum Gasteiger partial charge on any atom is 0.322 e. The predicted octanol–water partition coefficient (Wildman–Crippen LogP) is -0.734. The van der Waals surface area contributed by atoms with E-state index < -0.39 is 24.5 Å². The van der Waals surface area contributed by atoms with Crippen LogP contribution in [0.15, 0.2) is 30.3 Å². The van der Waals surface area contributed by atoms with Gasteiger partial charge in [-0.1, -0.05) is 23.3 Å². The Hall–Kier alpha value is -3.50. The molecule has 1 aliphatic rings. The summed E-state index contributed by atoms with van der Waals surface area (Å²) >= 11 is 0. The van der Waals surface area contributed by atoms with Crippen molar-refractivity contribution >= 4 is 23.7 Å². The van der Waals surface area contributed by atoms with Crippen molar-refractivity contribution in [3.63, 3.8) is 0 Å². The lowest BCUT2D eigenvalue weighted by Gasteiger charge is -2.23. The number of likely N-dealkylation sites (tertiary alicyclic amines) is 1. The maximum absolute atomic E-state index is 12.5. The maximum atomic E-state index is 12.5. The van der Waals surface area contributed by atoms with E-state index in [4.69, 9.17) is 5.11 Å². The predicted molar refractivity (Wildman–Crippen MR) is 93.0 cm³/mol. The fourth-order valence-corrected chi connectivity index (χ4v) is 2.91. The van der Waals surface area contributed by atoms with Crippen LogP contribution in [0.3, 0.4) is 0 Å². The number of anilines is 1. The van der Waals surface area contributed by atoms with Gasteiger partial charge in [-0.05, 0) is 35.4 Å². The molecule has 0 spiro atoms. The molecule has 0 saturated carbocycles. The van der Waals surface area contributed by atoms with Gasteiger partial charge < -0.3 is 20.6 Å². The molecule has 1 aromatic carbocycles. The van der Waals surface area contributed by atoms with Crippen LogP contribution in [0.4, 0.5) is 5.95 Å². The van der Waals surface area contributed by atoms with Gasteiger partial charge in [0, 0.05) is 6.54 Å². The van der Waals surface area contributed by atoms with Crippen molar-refractivity contribution in [2.24, 2.45) is 0 Å². The standard InChI is InChI=1S/C16H19N7O4/c24-13(22-8-4-7-12(22)15(27)17-10-14(25)26)9-18-16-19-20-21-23(16)11-5-2-1-3-6-11/h1-3,5-6,12H,4,7-10H2,(H,17,27)(H,25,26)(H,18,19,21)/t12-/m0/s1. The van der Waals surface area contributed by atoms with Crippen molar-refractivity contribution in [3.8, 4) is 5.69 Å². The number of hydrogen-bond donors (Lipinski definition) is 3. The van der Waals surface area contributed by atoms with Gasteiger partial charge in [0.15, 0.2) is 0 Å². The zero-order valence-corrected chi connectivity index (χ0v) is 14.4. The van der Waals surface area contributed by atoms with Crippen LogP contribution >= 0.6 is 0 Å². The molecule has 11 nitrogen and oxygen atoms in total. The van der Waals surface area contributed by atoms with E-state index in [9.17, 15) is 14.4 Å². The van der Waals surface area contributed by atoms with E-state index in [0.717, 1.165) is 5.69 Å². The lowest BCUT2D eigenvalue weighted by molar-refractivity contribution is -0.140. The third-order valence-corrected chi connectivity index (χ3v) is 4.16. The number of rotatable bonds is 7. The minimum absolute atomic E-state index is 0.0874. The number of amides is 2. The number of hydrogen-bond acceptors (Lipinski definition) is 7. The molecule has 2 heterocycles. The van der Waals surface area contributed by atoms with Crippen molar-refractivity contribution in [2.45, 2.75) is 18.9 Å². The summed E-state index contributed by atoms with van der Waals surface area (Å²) in [4.78, 5) is 36.7. The Morgan fingerprint density at radius 2 is 1.96 bits per heavy atom. The summed E-state index contributed by atoms with van der Waals surface area (Å²) in [7, 11) is 0. The van der Waals surface area contributed by atoms with Crippen LogP contribution in [0.25, 0.3) is 5.69 Å². The van der Waals surface area contributed by atoms with Gasteiger partial charge in [0.25, 0.3) is 0 Å². The molecule has 1 aromatic heterocycles. The van der Waals surface area contributed by atoms with Crippen molar-refractivity contribution in [2.75, 3.05) is 25.0 Å². The van der Waals surface area contributed by atoms with Gasteiger partial charge in [0.1, 0.15) is 12.6 Å². The van der Waals surface area contributed by atoms with Gasteiger partial charge in [0.05, 0.1) is 12.2 Å². The summed E-state index contributed by atoms with van der Waals surface area (Å²) in [5.74, 6) is -1.57. The second-order valence-corrected chi connectivity index (χ2v) is 5.96. The number of benzene rings is 1. The van der Waals surface area contributed by atoms with Crippen molar-refractivity contribution in [1.29, 1.82) is 0 Å². The molecule has 1 saturated heterocycles. The number of nitrogens with zero attached hydrogens (tertiary/aromatic N) is 5. The summed E-state index contributed by atoms with van der Waals surface area (Å²) in [6, 6.07) is 8.54. The van der Waals surface area contributed by atoms with Gasteiger partial charge in [-0.25, -0.2) is 0 Å². The SMILES string of the molecule is O=C(O)CNC(=O)[C@@H]1CCCN1C(=O)CNc1nnnn1-c1ccccc1. The molecular weight excluding hydrogens is 354 g/mol. The van der Waals surface area contributed by atoms with Crippen LogP contribution in [0.5, 0.6) is 0 Å². The van der Waals surface area contributed by atoms with Crippen molar-refractivity contribution in [3.05, 3.63) is 30.3 Å². The van der Waals surface area contributed by atoms with Gasteiger partial charge in [-0.15, -0.1) is 0 Å². The summed E-state index contributed by atoms with van der Waals surface area (Å²) in [5.41, 5.74) is 0.740. The number of tetrazole rings is 1. The van der Waals surface area contributed by atoms with E-state index in [1.54, 1.807) is 0 Å². The lowest BCUT2D eigenvalue weighted by atomic mass is 10.2. The smallest absolute Gasteiger partial charge is 0.322 e. The van der Waals surface area contributed by atoms with E-state index in [1.807, 2.05) is 30.3 Å². The number of aliphatic carboxylic acids is 1. The Labute approximate surface area is 154 Å². The number of carboxylic acids is 1. The average Bonchev–Trinajstić information content (AvgIpc) is 3.34. The fourth-order valence-electron chi connectivity index (χ4n) is 2.91. The Morgan fingerprint density at radius 3 is 2.70 bits per heavy atom. The van der Waals surface area contributed by atoms with E-state index >= 15 is 0 Å². The number of carbonyl (C=O) groups excluding carboxylic acids is 2. The van der Waals surface area contributed by atoms with E-state index in [1.165, 1.54) is 9.58 Å². The first-order chi connectivity index (χ1) is 13.1.